The third kappa shape index (κ3) is 4.02. The molecule has 3 rings (SSSR count). The van der Waals surface area contributed by atoms with Crippen LogP contribution >= 0.6 is 0 Å². The molecular weight excluding hydrogens is 326 g/mol. The number of fused-ring (bicyclic) bond motifs is 1. The molecule has 0 aromatic heterocycles. The summed E-state index contributed by atoms with van der Waals surface area (Å²) in [6.07, 6.45) is 13.9. The van der Waals surface area contributed by atoms with E-state index in [-0.39, 0.29) is 0 Å². The van der Waals surface area contributed by atoms with Crippen molar-refractivity contribution in [3.8, 4) is 0 Å². The average molecular weight is 368 g/mol. The summed E-state index contributed by atoms with van der Waals surface area (Å²) in [5.41, 5.74) is 0.662. The molecule has 3 nitrogen and oxygen atoms in total. The van der Waals surface area contributed by atoms with Crippen LogP contribution in [0.3, 0.4) is 0 Å². The highest BCUT2D eigenvalue weighted by molar-refractivity contribution is 6.66. The summed E-state index contributed by atoms with van der Waals surface area (Å²) in [5.74, 6) is 1.94. The van der Waals surface area contributed by atoms with Crippen molar-refractivity contribution in [2.24, 2.45) is 11.8 Å². The van der Waals surface area contributed by atoms with Crippen LogP contribution in [-0.4, -0.2) is 38.6 Å². The van der Waals surface area contributed by atoms with Crippen molar-refractivity contribution in [3.05, 3.63) is 0 Å². The topological polar surface area (TPSA) is 21.7 Å². The van der Waals surface area contributed by atoms with Gasteiger partial charge in [0, 0.05) is 30.8 Å². The monoisotopic (exact) mass is 367 g/mol. The largest absolute Gasteiger partial charge is 0.431 e. The van der Waals surface area contributed by atoms with Crippen LogP contribution in [0.15, 0.2) is 0 Å². The Labute approximate surface area is 157 Å². The molecule has 0 radical (unpaired) electrons. The van der Waals surface area contributed by atoms with Crippen molar-refractivity contribution >= 4 is 8.72 Å². The zero-order chi connectivity index (χ0) is 17.9. The Bertz CT molecular complexity index is 403. The van der Waals surface area contributed by atoms with Gasteiger partial charge < -0.3 is 8.85 Å². The fourth-order valence-electron chi connectivity index (χ4n) is 6.29. The average Bonchev–Trinajstić information content (AvgIpc) is 2.61. The van der Waals surface area contributed by atoms with Gasteiger partial charge in [0.1, 0.15) is 0 Å². The maximum atomic E-state index is 6.71. The molecule has 5 atom stereocenters. The summed E-state index contributed by atoms with van der Waals surface area (Å²) < 4.78 is 16.2. The van der Waals surface area contributed by atoms with E-state index in [1.165, 1.54) is 64.2 Å². The molecule has 2 saturated carbocycles. The molecule has 25 heavy (non-hydrogen) atoms. The number of hydrogen-bond acceptors (Lipinski definition) is 3. The molecule has 5 unspecified atom stereocenters. The Balaban J connectivity index is 1.87. The van der Waals surface area contributed by atoms with E-state index in [9.17, 15) is 0 Å². The van der Waals surface area contributed by atoms with E-state index in [0.29, 0.717) is 17.6 Å². The summed E-state index contributed by atoms with van der Waals surface area (Å²) >= 11 is 0. The molecule has 1 aliphatic heterocycles. The lowest BCUT2D eigenvalue weighted by Crippen LogP contribution is -2.68. The molecule has 0 bridgehead atoms. The molecule has 3 fully saturated rings. The predicted octanol–water partition coefficient (Wildman–Crippen LogP) is 5.62. The van der Waals surface area contributed by atoms with Crippen molar-refractivity contribution in [1.82, 2.24) is 4.57 Å². The molecule has 0 N–H and O–H groups in total. The molecular formula is C21H41NO2Si. The third-order valence-corrected chi connectivity index (χ3v) is 11.9. The van der Waals surface area contributed by atoms with Gasteiger partial charge in [0.2, 0.25) is 0 Å². The van der Waals surface area contributed by atoms with Crippen LogP contribution in [0.25, 0.3) is 0 Å². The van der Waals surface area contributed by atoms with Gasteiger partial charge >= 0.3 is 8.72 Å². The smallest absolute Gasteiger partial charge is 0.383 e. The van der Waals surface area contributed by atoms with Crippen LogP contribution in [-0.2, 0) is 8.85 Å². The molecule has 0 spiro atoms. The minimum Gasteiger partial charge on any atom is -0.383 e. The van der Waals surface area contributed by atoms with Crippen LogP contribution in [0, 0.1) is 11.8 Å². The first-order valence-corrected chi connectivity index (χ1v) is 13.0. The molecule has 3 aliphatic rings. The van der Waals surface area contributed by atoms with E-state index in [1.807, 2.05) is 0 Å². The Hall–Kier alpha value is 0.0969. The van der Waals surface area contributed by atoms with Crippen LogP contribution in [0.4, 0.5) is 0 Å². The zero-order valence-electron chi connectivity index (χ0n) is 17.1. The van der Waals surface area contributed by atoms with Gasteiger partial charge in [-0.05, 0) is 71.6 Å². The molecule has 0 aromatic rings. The number of rotatable bonds is 6. The Morgan fingerprint density at radius 3 is 1.96 bits per heavy atom. The number of piperidine rings is 1. The number of nitrogens with zero attached hydrogens (tertiary/aromatic N) is 1. The molecule has 1 saturated heterocycles. The Morgan fingerprint density at radius 1 is 0.760 bits per heavy atom. The fraction of sp³-hybridized carbons (Fsp3) is 1.00. The second-order valence-corrected chi connectivity index (χ2v) is 12.0. The zero-order valence-corrected chi connectivity index (χ0v) is 18.1. The SMILES string of the molecule is CCO[Si](OCC)(C1CCC2CCCCC2C1)N1C(C)CCCC1C. The van der Waals surface area contributed by atoms with Crippen molar-refractivity contribution in [2.75, 3.05) is 13.2 Å². The molecule has 2 aliphatic carbocycles. The minimum atomic E-state index is -2.36. The van der Waals surface area contributed by atoms with Crippen LogP contribution in [0.5, 0.6) is 0 Å². The predicted molar refractivity (Wildman–Crippen MR) is 107 cm³/mol. The highest BCUT2D eigenvalue weighted by Crippen LogP contribution is 2.50. The Morgan fingerprint density at radius 2 is 1.36 bits per heavy atom. The van der Waals surface area contributed by atoms with Crippen molar-refractivity contribution in [1.29, 1.82) is 0 Å². The first-order valence-electron chi connectivity index (χ1n) is 11.2. The van der Waals surface area contributed by atoms with E-state index in [2.05, 4.69) is 32.3 Å². The van der Waals surface area contributed by atoms with Crippen LogP contribution in [0.1, 0.15) is 91.9 Å². The minimum absolute atomic E-state index is 0.609. The Kier molecular flexibility index (Phi) is 7.03. The third-order valence-electron chi connectivity index (χ3n) is 7.31. The standard InChI is InChI=1S/C21H41NO2Si/c1-5-23-25(24-6-2,22-17(3)10-9-11-18(22)4)21-15-14-19-12-7-8-13-20(19)16-21/h17-21H,5-16H2,1-4H3. The summed E-state index contributed by atoms with van der Waals surface area (Å²) in [6, 6.07) is 1.22. The molecule has 0 amide bonds. The summed E-state index contributed by atoms with van der Waals surface area (Å²) in [7, 11) is -2.36. The van der Waals surface area contributed by atoms with Gasteiger partial charge in [-0.2, -0.15) is 0 Å². The summed E-state index contributed by atoms with van der Waals surface area (Å²) in [6.45, 7) is 10.8. The first-order chi connectivity index (χ1) is 12.1. The summed E-state index contributed by atoms with van der Waals surface area (Å²) in [4.78, 5) is 0. The lowest BCUT2D eigenvalue weighted by molar-refractivity contribution is 0.0429. The molecule has 0 aromatic carbocycles. The quantitative estimate of drug-likeness (QED) is 0.569. The van der Waals surface area contributed by atoms with Crippen molar-refractivity contribution < 1.29 is 8.85 Å². The molecule has 4 heteroatoms. The van der Waals surface area contributed by atoms with E-state index < -0.39 is 8.72 Å². The van der Waals surface area contributed by atoms with Gasteiger partial charge in [-0.1, -0.05) is 32.1 Å². The van der Waals surface area contributed by atoms with Gasteiger partial charge in [0.25, 0.3) is 0 Å². The highest BCUT2D eigenvalue weighted by atomic mass is 28.4. The van der Waals surface area contributed by atoms with Gasteiger partial charge in [-0.25, -0.2) is 0 Å². The van der Waals surface area contributed by atoms with E-state index >= 15 is 0 Å². The number of hydrogen-bond donors (Lipinski definition) is 0. The van der Waals surface area contributed by atoms with Gasteiger partial charge in [0.15, 0.2) is 0 Å². The van der Waals surface area contributed by atoms with Crippen molar-refractivity contribution in [2.45, 2.75) is 110 Å². The summed E-state index contributed by atoms with van der Waals surface area (Å²) in [5, 5.41) is 0. The van der Waals surface area contributed by atoms with E-state index in [4.69, 9.17) is 8.85 Å². The van der Waals surface area contributed by atoms with Gasteiger partial charge in [0.05, 0.1) is 0 Å². The normalized spacial score (nSPS) is 37.7. The van der Waals surface area contributed by atoms with E-state index in [0.717, 1.165) is 25.0 Å². The van der Waals surface area contributed by atoms with Gasteiger partial charge in [-0.15, -0.1) is 0 Å². The van der Waals surface area contributed by atoms with Crippen LogP contribution < -0.4 is 0 Å². The first kappa shape index (κ1) is 19.8. The van der Waals surface area contributed by atoms with Gasteiger partial charge in [-0.3, -0.25) is 4.57 Å². The maximum absolute atomic E-state index is 6.71. The lowest BCUT2D eigenvalue weighted by Gasteiger charge is -2.54. The molecule has 146 valence electrons. The highest BCUT2D eigenvalue weighted by Gasteiger charge is 2.57. The van der Waals surface area contributed by atoms with Crippen LogP contribution in [0.2, 0.25) is 5.54 Å². The molecule has 1 heterocycles. The van der Waals surface area contributed by atoms with E-state index in [1.54, 1.807) is 0 Å². The fourth-order valence-corrected chi connectivity index (χ4v) is 11.0. The second-order valence-electron chi connectivity index (χ2n) is 8.85. The van der Waals surface area contributed by atoms with Crippen molar-refractivity contribution in [3.63, 3.8) is 0 Å². The second kappa shape index (κ2) is 8.86. The lowest BCUT2D eigenvalue weighted by atomic mass is 9.71. The maximum Gasteiger partial charge on any atom is 0.431 e.